The van der Waals surface area contributed by atoms with Gasteiger partial charge >= 0.3 is 7.60 Å². The van der Waals surface area contributed by atoms with Crippen molar-refractivity contribution in [2.24, 2.45) is 5.92 Å². The molecular formula is C24H29O5P. The summed E-state index contributed by atoms with van der Waals surface area (Å²) in [5, 5.41) is 10.5. The number of allylic oxidation sites excluding steroid dienone is 4. The van der Waals surface area contributed by atoms with Gasteiger partial charge in [-0.3, -0.25) is 4.57 Å². The summed E-state index contributed by atoms with van der Waals surface area (Å²) < 4.78 is 16.3. The van der Waals surface area contributed by atoms with Gasteiger partial charge in [0.2, 0.25) is 0 Å². The highest BCUT2D eigenvalue weighted by molar-refractivity contribution is 7.51. The molecule has 0 heterocycles. The van der Waals surface area contributed by atoms with Crippen molar-refractivity contribution >= 4 is 7.60 Å². The molecule has 3 N–H and O–H groups in total. The Morgan fingerprint density at radius 3 is 2.30 bits per heavy atom. The number of benzene rings is 2. The van der Waals surface area contributed by atoms with Gasteiger partial charge < -0.3 is 19.6 Å². The lowest BCUT2D eigenvalue weighted by molar-refractivity contribution is 0.300. The molecule has 1 atom stereocenters. The predicted octanol–water partition coefficient (Wildman–Crippen LogP) is 5.38. The maximum atomic E-state index is 11.1. The summed E-state index contributed by atoms with van der Waals surface area (Å²) in [6.07, 6.45) is 3.61. The molecule has 1 unspecified atom stereocenters. The molecule has 0 fully saturated rings. The first kappa shape index (κ1) is 22.4. The van der Waals surface area contributed by atoms with Crippen LogP contribution in [0, 0.1) is 19.8 Å². The van der Waals surface area contributed by atoms with Crippen LogP contribution in [0.5, 0.6) is 5.75 Å². The van der Waals surface area contributed by atoms with E-state index >= 15 is 0 Å². The van der Waals surface area contributed by atoms with Crippen molar-refractivity contribution in [1.29, 1.82) is 0 Å². The van der Waals surface area contributed by atoms with Gasteiger partial charge in [-0.2, -0.15) is 0 Å². The molecule has 0 saturated carbocycles. The van der Waals surface area contributed by atoms with Crippen LogP contribution in [0.25, 0.3) is 0 Å². The standard InChI is InChI=1S/C24H29O5P/c1-16-11-24(25)21(12-19-7-5-4-6-8-19)13-20(16)14-23-17(2)9-22(10-18(23)3)29-15-30(26,27)28/h4-10,13,16,25H,11-12,14-15H2,1-3H3,(H2,26,27,28). The van der Waals surface area contributed by atoms with Crippen LogP contribution < -0.4 is 4.74 Å². The Bertz CT molecular complexity index is 994. The summed E-state index contributed by atoms with van der Waals surface area (Å²) in [5.41, 5.74) is 6.62. The zero-order chi connectivity index (χ0) is 21.9. The van der Waals surface area contributed by atoms with E-state index in [0.717, 1.165) is 23.1 Å². The predicted molar refractivity (Wildman–Crippen MR) is 119 cm³/mol. The smallest absolute Gasteiger partial charge is 0.362 e. The summed E-state index contributed by atoms with van der Waals surface area (Å²) in [4.78, 5) is 18.0. The summed E-state index contributed by atoms with van der Waals surface area (Å²) in [5.74, 6) is 1.17. The molecule has 6 heteroatoms. The lowest BCUT2D eigenvalue weighted by Gasteiger charge is -2.25. The lowest BCUT2D eigenvalue weighted by Crippen LogP contribution is -2.13. The van der Waals surface area contributed by atoms with Gasteiger partial charge in [0.1, 0.15) is 5.75 Å². The molecule has 0 aliphatic heterocycles. The minimum Gasteiger partial charge on any atom is -0.512 e. The van der Waals surface area contributed by atoms with Crippen molar-refractivity contribution in [3.63, 3.8) is 0 Å². The van der Waals surface area contributed by atoms with E-state index < -0.39 is 13.9 Å². The molecule has 0 saturated heterocycles. The van der Waals surface area contributed by atoms with E-state index in [-0.39, 0.29) is 5.92 Å². The van der Waals surface area contributed by atoms with Crippen LogP contribution in [-0.2, 0) is 17.4 Å². The molecule has 5 nitrogen and oxygen atoms in total. The van der Waals surface area contributed by atoms with Crippen LogP contribution in [0.4, 0.5) is 0 Å². The lowest BCUT2D eigenvalue weighted by atomic mass is 9.82. The Balaban J connectivity index is 1.82. The van der Waals surface area contributed by atoms with Crippen LogP contribution >= 0.6 is 7.60 Å². The Labute approximate surface area is 177 Å². The molecule has 0 spiro atoms. The molecule has 2 aromatic carbocycles. The zero-order valence-electron chi connectivity index (χ0n) is 17.6. The Morgan fingerprint density at radius 1 is 1.07 bits per heavy atom. The molecule has 1 aliphatic rings. The number of hydrogen-bond donors (Lipinski definition) is 3. The van der Waals surface area contributed by atoms with E-state index in [9.17, 15) is 9.67 Å². The Hall–Kier alpha value is -2.33. The van der Waals surface area contributed by atoms with E-state index in [1.54, 1.807) is 0 Å². The van der Waals surface area contributed by atoms with Gasteiger partial charge in [0.25, 0.3) is 0 Å². The second kappa shape index (κ2) is 9.22. The average Bonchev–Trinajstić information content (AvgIpc) is 2.66. The molecule has 30 heavy (non-hydrogen) atoms. The van der Waals surface area contributed by atoms with Crippen molar-refractivity contribution in [1.82, 2.24) is 0 Å². The van der Waals surface area contributed by atoms with Gasteiger partial charge in [-0.25, -0.2) is 0 Å². The normalized spacial score (nSPS) is 17.1. The fraction of sp³-hybridized carbons (Fsp3) is 0.333. The second-order valence-electron chi connectivity index (χ2n) is 8.11. The van der Waals surface area contributed by atoms with E-state index in [4.69, 9.17) is 14.5 Å². The van der Waals surface area contributed by atoms with Crippen molar-refractivity contribution in [2.75, 3.05) is 6.35 Å². The van der Waals surface area contributed by atoms with Gasteiger partial charge in [0.05, 0.1) is 5.76 Å². The zero-order valence-corrected chi connectivity index (χ0v) is 18.5. The van der Waals surface area contributed by atoms with Crippen LogP contribution in [-0.4, -0.2) is 21.2 Å². The molecule has 2 aromatic rings. The van der Waals surface area contributed by atoms with Crippen molar-refractivity contribution in [3.05, 3.63) is 87.7 Å². The molecule has 0 bridgehead atoms. The molecule has 0 amide bonds. The number of aliphatic hydroxyl groups is 1. The number of hydrogen-bond acceptors (Lipinski definition) is 3. The van der Waals surface area contributed by atoms with Crippen LogP contribution in [0.3, 0.4) is 0 Å². The number of aryl methyl sites for hydroxylation is 2. The topological polar surface area (TPSA) is 87.0 Å². The van der Waals surface area contributed by atoms with Crippen molar-refractivity contribution in [3.8, 4) is 5.75 Å². The molecule has 160 valence electrons. The number of rotatable bonds is 7. The first-order valence-corrected chi connectivity index (χ1v) is 11.8. The minimum absolute atomic E-state index is 0.244. The summed E-state index contributed by atoms with van der Waals surface area (Å²) in [7, 11) is -4.21. The van der Waals surface area contributed by atoms with E-state index in [1.807, 2.05) is 44.2 Å². The van der Waals surface area contributed by atoms with Crippen LogP contribution in [0.2, 0.25) is 0 Å². The summed E-state index contributed by atoms with van der Waals surface area (Å²) in [6.45, 7) is 6.10. The number of ether oxygens (including phenoxy) is 1. The summed E-state index contributed by atoms with van der Waals surface area (Å²) in [6, 6.07) is 13.8. The fourth-order valence-corrected chi connectivity index (χ4v) is 4.19. The third kappa shape index (κ3) is 5.85. The Kier molecular flexibility index (Phi) is 6.87. The van der Waals surface area contributed by atoms with E-state index in [2.05, 4.69) is 25.1 Å². The van der Waals surface area contributed by atoms with Crippen molar-refractivity contribution < 1.29 is 24.2 Å². The van der Waals surface area contributed by atoms with Crippen LogP contribution in [0.1, 0.15) is 35.6 Å². The Morgan fingerprint density at radius 2 is 1.70 bits per heavy atom. The maximum Gasteiger partial charge on any atom is 0.362 e. The van der Waals surface area contributed by atoms with Gasteiger partial charge in [-0.05, 0) is 66.1 Å². The first-order valence-electron chi connectivity index (χ1n) is 10.0. The molecular weight excluding hydrogens is 399 g/mol. The highest BCUT2D eigenvalue weighted by atomic mass is 31.2. The third-order valence-corrected chi connectivity index (χ3v) is 6.02. The van der Waals surface area contributed by atoms with Gasteiger partial charge in [0, 0.05) is 12.8 Å². The van der Waals surface area contributed by atoms with E-state index in [1.165, 1.54) is 16.7 Å². The highest BCUT2D eigenvalue weighted by Gasteiger charge is 2.21. The fourth-order valence-electron chi connectivity index (χ4n) is 3.87. The molecule has 3 rings (SSSR count). The largest absolute Gasteiger partial charge is 0.512 e. The monoisotopic (exact) mass is 428 g/mol. The second-order valence-corrected chi connectivity index (χ2v) is 9.70. The quantitative estimate of drug-likeness (QED) is 0.516. The van der Waals surface area contributed by atoms with Crippen LogP contribution in [0.15, 0.2) is 65.4 Å². The van der Waals surface area contributed by atoms with Gasteiger partial charge in [0.15, 0.2) is 6.35 Å². The number of aliphatic hydroxyl groups excluding tert-OH is 1. The first-order chi connectivity index (χ1) is 14.1. The molecule has 1 aliphatic carbocycles. The van der Waals surface area contributed by atoms with Gasteiger partial charge in [-0.1, -0.05) is 48.9 Å². The maximum absolute atomic E-state index is 11.1. The third-order valence-electron chi connectivity index (χ3n) is 5.55. The van der Waals surface area contributed by atoms with E-state index in [0.29, 0.717) is 24.4 Å². The van der Waals surface area contributed by atoms with Gasteiger partial charge in [-0.15, -0.1) is 0 Å². The highest BCUT2D eigenvalue weighted by Crippen LogP contribution is 2.36. The molecule has 0 aromatic heterocycles. The summed E-state index contributed by atoms with van der Waals surface area (Å²) >= 11 is 0. The minimum atomic E-state index is -4.21. The average molecular weight is 428 g/mol. The molecule has 0 radical (unpaired) electrons. The SMILES string of the molecule is Cc1cc(OCP(=O)(O)O)cc(C)c1CC1=CC(Cc2ccccc2)=C(O)CC1C. The van der Waals surface area contributed by atoms with Crippen molar-refractivity contribution in [2.45, 2.75) is 40.0 Å².